The largest absolute Gasteiger partial charge is 0.466 e. The minimum atomic E-state index is -1.45. The van der Waals surface area contributed by atoms with Crippen molar-refractivity contribution in [1.29, 1.82) is 0 Å². The van der Waals surface area contributed by atoms with Gasteiger partial charge in [-0.3, -0.25) is 14.4 Å². The molecule has 2 fully saturated rings. The van der Waals surface area contributed by atoms with Crippen LogP contribution in [0, 0.1) is 11.3 Å². The molecular weight excluding hydrogens is 415 g/mol. The minimum Gasteiger partial charge on any atom is -0.466 e. The van der Waals surface area contributed by atoms with Gasteiger partial charge in [0.2, 0.25) is 0 Å². The van der Waals surface area contributed by atoms with Crippen LogP contribution in [0.2, 0.25) is 5.82 Å². The highest BCUT2D eigenvalue weighted by Crippen LogP contribution is 2.54. The van der Waals surface area contributed by atoms with E-state index >= 15 is 0 Å². The highest BCUT2D eigenvalue weighted by atomic mass is 16.7. The van der Waals surface area contributed by atoms with Crippen molar-refractivity contribution in [3.05, 3.63) is 11.6 Å². The molecule has 0 aromatic carbocycles. The second-order valence-electron chi connectivity index (χ2n) is 9.47. The molecule has 1 aliphatic carbocycles. The van der Waals surface area contributed by atoms with Gasteiger partial charge in [-0.15, -0.1) is 0 Å². The number of carbonyl (C=O) groups excluding carboxylic acids is 3. The van der Waals surface area contributed by atoms with E-state index in [1.807, 2.05) is 40.7 Å². The van der Waals surface area contributed by atoms with Crippen molar-refractivity contribution in [2.45, 2.75) is 85.3 Å². The van der Waals surface area contributed by atoms with Crippen LogP contribution in [0.25, 0.3) is 0 Å². The van der Waals surface area contributed by atoms with Crippen LogP contribution < -0.4 is 0 Å². The van der Waals surface area contributed by atoms with Gasteiger partial charge in [-0.05, 0) is 67.2 Å². The average Bonchev–Trinajstić information content (AvgIpc) is 3.17. The molecule has 0 radical (unpaired) electrons. The SMILES string of the molecule is C/C=C1\CC(C(=O)OCC)(C(=O)OCC)C[C@@H]1[C@H](COC(C)=O)B1OC(C)(C)C(C)(C)O1. The van der Waals surface area contributed by atoms with Gasteiger partial charge in [0.05, 0.1) is 31.0 Å². The van der Waals surface area contributed by atoms with Crippen molar-refractivity contribution >= 4 is 25.0 Å². The van der Waals surface area contributed by atoms with Gasteiger partial charge in [0, 0.05) is 12.7 Å². The number of hydrogen-bond donors (Lipinski definition) is 0. The van der Waals surface area contributed by atoms with Crippen molar-refractivity contribution in [3.63, 3.8) is 0 Å². The minimum absolute atomic E-state index is 0.0376. The molecule has 2 aliphatic rings. The van der Waals surface area contributed by atoms with E-state index in [0.717, 1.165) is 5.57 Å². The molecule has 1 heterocycles. The second-order valence-corrected chi connectivity index (χ2v) is 9.47. The molecular formula is C23H37BO8. The van der Waals surface area contributed by atoms with Crippen LogP contribution in [0.3, 0.4) is 0 Å². The van der Waals surface area contributed by atoms with Gasteiger partial charge in [0.1, 0.15) is 0 Å². The molecule has 9 heteroatoms. The standard InChI is InChI=1S/C23H37BO8/c1-9-16-12-23(19(26)28-10-2,20(27)29-11-3)13-17(16)18(14-30-15(4)25)24-31-21(5,6)22(7,8)32-24/h9,17-18H,10-14H2,1-8H3/b16-9+/t17-,18-/m0/s1. The highest BCUT2D eigenvalue weighted by Gasteiger charge is 2.61. The first kappa shape index (κ1) is 26.4. The fourth-order valence-corrected chi connectivity index (χ4v) is 4.39. The number of ether oxygens (including phenoxy) is 3. The lowest BCUT2D eigenvalue weighted by molar-refractivity contribution is -0.172. The topological polar surface area (TPSA) is 97.4 Å². The molecule has 0 unspecified atom stereocenters. The molecule has 0 aromatic heterocycles. The van der Waals surface area contributed by atoms with E-state index in [2.05, 4.69) is 0 Å². The van der Waals surface area contributed by atoms with Gasteiger partial charge in [0.25, 0.3) is 0 Å². The molecule has 0 bridgehead atoms. The fraction of sp³-hybridized carbons (Fsp3) is 0.783. The molecule has 8 nitrogen and oxygen atoms in total. The van der Waals surface area contributed by atoms with Gasteiger partial charge >= 0.3 is 25.0 Å². The van der Waals surface area contributed by atoms with Crippen LogP contribution in [0.5, 0.6) is 0 Å². The average molecular weight is 452 g/mol. The maximum absolute atomic E-state index is 13.0. The molecule has 2 rings (SSSR count). The third-order valence-corrected chi connectivity index (χ3v) is 6.87. The van der Waals surface area contributed by atoms with Gasteiger partial charge in [-0.25, -0.2) is 0 Å². The Morgan fingerprint density at radius 2 is 1.53 bits per heavy atom. The van der Waals surface area contributed by atoms with Crippen LogP contribution in [-0.2, 0) is 37.9 Å². The van der Waals surface area contributed by atoms with Gasteiger partial charge in [-0.2, -0.15) is 0 Å². The van der Waals surface area contributed by atoms with Crippen molar-refractivity contribution < 1.29 is 37.9 Å². The van der Waals surface area contributed by atoms with Gasteiger partial charge < -0.3 is 23.5 Å². The zero-order chi connectivity index (χ0) is 24.3. The monoisotopic (exact) mass is 452 g/mol. The van der Waals surface area contributed by atoms with E-state index < -0.39 is 47.5 Å². The van der Waals surface area contributed by atoms with Crippen LogP contribution in [0.4, 0.5) is 0 Å². The molecule has 0 N–H and O–H groups in total. The molecule has 1 saturated carbocycles. The van der Waals surface area contributed by atoms with E-state index in [-0.39, 0.29) is 38.6 Å². The summed E-state index contributed by atoms with van der Waals surface area (Å²) in [5.41, 5.74) is -1.73. The van der Waals surface area contributed by atoms with Crippen LogP contribution in [0.15, 0.2) is 11.6 Å². The van der Waals surface area contributed by atoms with E-state index in [1.54, 1.807) is 13.8 Å². The lowest BCUT2D eigenvalue weighted by atomic mass is 9.63. The fourth-order valence-electron chi connectivity index (χ4n) is 4.39. The number of allylic oxidation sites excluding steroid dienone is 2. The van der Waals surface area contributed by atoms with Gasteiger partial charge in [0.15, 0.2) is 5.41 Å². The summed E-state index contributed by atoms with van der Waals surface area (Å²) < 4.78 is 28.5. The molecule has 1 saturated heterocycles. The molecule has 32 heavy (non-hydrogen) atoms. The maximum Gasteiger partial charge on any atom is 0.465 e. The summed E-state index contributed by atoms with van der Waals surface area (Å²) in [4.78, 5) is 37.6. The Balaban J connectivity index is 2.46. The van der Waals surface area contributed by atoms with Crippen molar-refractivity contribution in [3.8, 4) is 0 Å². The second kappa shape index (κ2) is 9.95. The third-order valence-electron chi connectivity index (χ3n) is 6.87. The zero-order valence-corrected chi connectivity index (χ0v) is 20.6. The number of hydrogen-bond acceptors (Lipinski definition) is 8. The molecule has 1 aliphatic heterocycles. The third kappa shape index (κ3) is 5.04. The summed E-state index contributed by atoms with van der Waals surface area (Å²) in [6, 6.07) is 0. The summed E-state index contributed by atoms with van der Waals surface area (Å²) in [6.45, 7) is 14.7. The Morgan fingerprint density at radius 1 is 1.03 bits per heavy atom. The van der Waals surface area contributed by atoms with E-state index in [1.165, 1.54) is 6.92 Å². The highest BCUT2D eigenvalue weighted by molar-refractivity contribution is 6.47. The Hall–Kier alpha value is -1.87. The van der Waals surface area contributed by atoms with Crippen LogP contribution in [0.1, 0.15) is 68.2 Å². The molecule has 0 spiro atoms. The lowest BCUT2D eigenvalue weighted by Gasteiger charge is -2.32. The number of rotatable bonds is 8. The molecule has 2 atom stereocenters. The van der Waals surface area contributed by atoms with Crippen LogP contribution in [-0.4, -0.2) is 56.0 Å². The number of esters is 3. The quantitative estimate of drug-likeness (QED) is 0.182. The molecule has 0 amide bonds. The van der Waals surface area contributed by atoms with Gasteiger partial charge in [-0.1, -0.05) is 11.6 Å². The zero-order valence-electron chi connectivity index (χ0n) is 20.6. The summed E-state index contributed by atoms with van der Waals surface area (Å²) >= 11 is 0. The predicted molar refractivity (Wildman–Crippen MR) is 119 cm³/mol. The Morgan fingerprint density at radius 3 is 1.94 bits per heavy atom. The first-order chi connectivity index (χ1) is 14.8. The predicted octanol–water partition coefficient (Wildman–Crippen LogP) is 3.48. The smallest absolute Gasteiger partial charge is 0.465 e. The van der Waals surface area contributed by atoms with Crippen molar-refractivity contribution in [2.75, 3.05) is 19.8 Å². The Kier molecular flexibility index (Phi) is 8.21. The Bertz CT molecular complexity index is 723. The maximum atomic E-state index is 13.0. The Labute approximate surface area is 191 Å². The van der Waals surface area contributed by atoms with E-state index in [9.17, 15) is 14.4 Å². The van der Waals surface area contributed by atoms with Crippen molar-refractivity contribution in [2.24, 2.45) is 11.3 Å². The summed E-state index contributed by atoms with van der Waals surface area (Å²) in [5, 5.41) is 0. The summed E-state index contributed by atoms with van der Waals surface area (Å²) in [7, 11) is -0.681. The normalized spacial score (nSPS) is 25.4. The first-order valence-corrected chi connectivity index (χ1v) is 11.3. The van der Waals surface area contributed by atoms with Crippen LogP contribution >= 0.6 is 0 Å². The van der Waals surface area contributed by atoms with E-state index in [4.69, 9.17) is 23.5 Å². The first-order valence-electron chi connectivity index (χ1n) is 11.3. The lowest BCUT2D eigenvalue weighted by Crippen LogP contribution is -2.41. The number of carbonyl (C=O) groups is 3. The van der Waals surface area contributed by atoms with E-state index in [0.29, 0.717) is 0 Å². The molecule has 0 aromatic rings. The molecule has 180 valence electrons. The summed E-state index contributed by atoms with van der Waals surface area (Å²) in [6.07, 6.45) is 2.25. The van der Waals surface area contributed by atoms with Crippen molar-refractivity contribution in [1.82, 2.24) is 0 Å². The summed E-state index contributed by atoms with van der Waals surface area (Å²) in [5.74, 6) is -2.34.